The van der Waals surface area contributed by atoms with Crippen LogP contribution in [0.25, 0.3) is 0 Å². The maximum absolute atomic E-state index is 12.5. The van der Waals surface area contributed by atoms with Gasteiger partial charge < -0.3 is 15.0 Å². The molecule has 2 N–H and O–H groups in total. The van der Waals surface area contributed by atoms with Crippen molar-refractivity contribution in [3.05, 3.63) is 17.7 Å². The molecule has 1 aliphatic rings. The first-order valence-corrected chi connectivity index (χ1v) is 6.72. The number of hydrogen-bond acceptors (Lipinski definition) is 3. The number of imidazole rings is 1. The summed E-state index contributed by atoms with van der Waals surface area (Å²) in [7, 11) is 0. The first-order chi connectivity index (χ1) is 9.15. The summed E-state index contributed by atoms with van der Waals surface area (Å²) in [6.45, 7) is 5.60. The number of aromatic nitrogens is 2. The molecule has 2 heterocycles. The Labute approximate surface area is 116 Å². The molecule has 0 bridgehead atoms. The average Bonchev–Trinajstić information content (AvgIpc) is 2.76. The van der Waals surface area contributed by atoms with Crippen molar-refractivity contribution < 1.29 is 18.3 Å². The fraction of sp³-hybridized carbons (Fsp3) is 0.769. The summed E-state index contributed by atoms with van der Waals surface area (Å²) in [6, 6.07) is 0. The van der Waals surface area contributed by atoms with E-state index in [4.69, 9.17) is 0 Å². The van der Waals surface area contributed by atoms with Gasteiger partial charge in [0.2, 0.25) is 0 Å². The molecule has 0 amide bonds. The number of H-pyrrole nitrogens is 1. The molecule has 0 spiro atoms. The molecule has 0 aromatic carbocycles. The van der Waals surface area contributed by atoms with E-state index in [9.17, 15) is 18.3 Å². The quantitative estimate of drug-likeness (QED) is 0.899. The molecule has 1 fully saturated rings. The predicted molar refractivity (Wildman–Crippen MR) is 68.3 cm³/mol. The van der Waals surface area contributed by atoms with E-state index in [1.807, 2.05) is 0 Å². The van der Waals surface area contributed by atoms with Crippen LogP contribution in [0, 0.1) is 0 Å². The van der Waals surface area contributed by atoms with Crippen molar-refractivity contribution in [3.8, 4) is 0 Å². The number of nitrogens with one attached hydrogen (secondary N) is 1. The topological polar surface area (TPSA) is 52.1 Å². The van der Waals surface area contributed by atoms with Crippen LogP contribution in [0.3, 0.4) is 0 Å². The van der Waals surface area contributed by atoms with Crippen molar-refractivity contribution in [1.82, 2.24) is 14.9 Å². The molecule has 0 aliphatic carbocycles. The number of β-amino-alcohol motifs (C(OH)–C–C–N with tert-alkyl or cyclic N) is 1. The van der Waals surface area contributed by atoms with Crippen LogP contribution in [0.2, 0.25) is 0 Å². The number of piperidine rings is 1. The highest BCUT2D eigenvalue weighted by molar-refractivity contribution is 5.09. The van der Waals surface area contributed by atoms with Crippen LogP contribution in [-0.2, 0) is 6.18 Å². The van der Waals surface area contributed by atoms with Gasteiger partial charge in [-0.25, -0.2) is 4.98 Å². The second-order valence-electron chi connectivity index (χ2n) is 6.04. The minimum absolute atomic E-state index is 0.0316. The lowest BCUT2D eigenvalue weighted by Crippen LogP contribution is -2.42. The number of halogens is 3. The first kappa shape index (κ1) is 15.3. The van der Waals surface area contributed by atoms with E-state index in [1.54, 1.807) is 13.8 Å². The van der Waals surface area contributed by atoms with Gasteiger partial charge in [0, 0.05) is 12.5 Å². The molecule has 0 radical (unpaired) electrons. The minimum atomic E-state index is -4.37. The maximum atomic E-state index is 12.5. The number of alkyl halides is 3. The Balaban J connectivity index is 1.92. The monoisotopic (exact) mass is 291 g/mol. The number of nitrogens with zero attached hydrogens (tertiary/aromatic N) is 2. The molecule has 0 unspecified atom stereocenters. The molecular formula is C13H20F3N3O. The molecule has 2 rings (SSSR count). The zero-order valence-electron chi connectivity index (χ0n) is 11.7. The fourth-order valence-corrected chi connectivity index (χ4v) is 2.60. The Bertz CT molecular complexity index is 442. The van der Waals surface area contributed by atoms with Gasteiger partial charge in [0.25, 0.3) is 0 Å². The van der Waals surface area contributed by atoms with Gasteiger partial charge in [-0.15, -0.1) is 0 Å². The third kappa shape index (κ3) is 3.96. The van der Waals surface area contributed by atoms with Crippen molar-refractivity contribution in [2.24, 2.45) is 0 Å². The van der Waals surface area contributed by atoms with Crippen LogP contribution >= 0.6 is 0 Å². The van der Waals surface area contributed by atoms with Gasteiger partial charge in [-0.1, -0.05) is 0 Å². The molecule has 1 aliphatic heterocycles. The maximum Gasteiger partial charge on any atom is 0.432 e. The normalized spacial score (nSPS) is 19.5. The smallest absolute Gasteiger partial charge is 0.389 e. The van der Waals surface area contributed by atoms with E-state index in [1.165, 1.54) is 0 Å². The lowest BCUT2D eigenvalue weighted by Gasteiger charge is -2.34. The van der Waals surface area contributed by atoms with Gasteiger partial charge >= 0.3 is 6.18 Å². The highest BCUT2D eigenvalue weighted by atomic mass is 19.4. The van der Waals surface area contributed by atoms with Crippen LogP contribution in [0.5, 0.6) is 0 Å². The number of likely N-dealkylation sites (tertiary alicyclic amines) is 1. The van der Waals surface area contributed by atoms with E-state index >= 15 is 0 Å². The van der Waals surface area contributed by atoms with Crippen molar-refractivity contribution in [2.45, 2.75) is 44.4 Å². The molecule has 7 heteroatoms. The highest BCUT2D eigenvalue weighted by Gasteiger charge is 2.34. The zero-order valence-corrected chi connectivity index (χ0v) is 11.7. The Morgan fingerprint density at radius 3 is 2.40 bits per heavy atom. The third-order valence-corrected chi connectivity index (χ3v) is 3.49. The summed E-state index contributed by atoms with van der Waals surface area (Å²) in [5.74, 6) is 0.449. The highest BCUT2D eigenvalue weighted by Crippen LogP contribution is 2.31. The molecule has 4 nitrogen and oxygen atoms in total. The lowest BCUT2D eigenvalue weighted by atomic mass is 9.95. The molecule has 0 atom stereocenters. The van der Waals surface area contributed by atoms with Crippen molar-refractivity contribution in [3.63, 3.8) is 0 Å². The number of rotatable bonds is 3. The van der Waals surface area contributed by atoms with Gasteiger partial charge in [-0.3, -0.25) is 0 Å². The van der Waals surface area contributed by atoms with Gasteiger partial charge in [-0.2, -0.15) is 13.2 Å². The van der Waals surface area contributed by atoms with E-state index in [0.717, 1.165) is 32.1 Å². The molecule has 0 saturated carbocycles. The number of aliphatic hydroxyl groups is 1. The molecular weight excluding hydrogens is 271 g/mol. The molecule has 1 saturated heterocycles. The summed E-state index contributed by atoms with van der Waals surface area (Å²) in [6.07, 6.45) is -2.01. The fourth-order valence-electron chi connectivity index (χ4n) is 2.60. The Morgan fingerprint density at radius 2 is 1.95 bits per heavy atom. The van der Waals surface area contributed by atoms with Gasteiger partial charge in [-0.05, 0) is 39.8 Å². The van der Waals surface area contributed by atoms with Crippen molar-refractivity contribution in [2.75, 3.05) is 19.6 Å². The van der Waals surface area contributed by atoms with Gasteiger partial charge in [0.15, 0.2) is 0 Å². The van der Waals surface area contributed by atoms with E-state index < -0.39 is 17.5 Å². The second-order valence-corrected chi connectivity index (χ2v) is 6.04. The van der Waals surface area contributed by atoms with Crippen LogP contribution in [0.1, 0.15) is 44.1 Å². The van der Waals surface area contributed by atoms with E-state index in [2.05, 4.69) is 14.9 Å². The molecule has 1 aromatic rings. The minimum Gasteiger partial charge on any atom is -0.389 e. The van der Waals surface area contributed by atoms with Crippen LogP contribution in [-0.4, -0.2) is 45.2 Å². The summed E-state index contributed by atoms with van der Waals surface area (Å²) in [5.41, 5.74) is -1.53. The standard InChI is InChI=1S/C13H20F3N3O/c1-12(2,20)8-19-5-3-9(4-6-19)11-17-7-10(18-11)13(14,15)16/h7,9,20H,3-6,8H2,1-2H3,(H,17,18). The van der Waals surface area contributed by atoms with E-state index in [-0.39, 0.29) is 5.92 Å². The Morgan fingerprint density at radius 1 is 1.35 bits per heavy atom. The number of hydrogen-bond donors (Lipinski definition) is 2. The summed E-state index contributed by atoms with van der Waals surface area (Å²) >= 11 is 0. The Hall–Kier alpha value is -1.08. The van der Waals surface area contributed by atoms with E-state index in [0.29, 0.717) is 12.4 Å². The van der Waals surface area contributed by atoms with Crippen molar-refractivity contribution >= 4 is 0 Å². The first-order valence-electron chi connectivity index (χ1n) is 6.72. The average molecular weight is 291 g/mol. The second kappa shape index (κ2) is 5.37. The van der Waals surface area contributed by atoms with Crippen LogP contribution < -0.4 is 0 Å². The number of aromatic amines is 1. The predicted octanol–water partition coefficient (Wildman–Crippen LogP) is 2.38. The summed E-state index contributed by atoms with van der Waals surface area (Å²) < 4.78 is 37.5. The zero-order chi connectivity index (χ0) is 15.0. The van der Waals surface area contributed by atoms with Crippen LogP contribution in [0.15, 0.2) is 6.20 Å². The van der Waals surface area contributed by atoms with Gasteiger partial charge in [0.1, 0.15) is 11.5 Å². The third-order valence-electron chi connectivity index (χ3n) is 3.49. The summed E-state index contributed by atoms with van der Waals surface area (Å²) in [5, 5.41) is 9.76. The SMILES string of the molecule is CC(C)(O)CN1CCC(c2ncc(C(F)(F)F)[nH]2)CC1. The summed E-state index contributed by atoms with van der Waals surface area (Å²) in [4.78, 5) is 8.37. The largest absolute Gasteiger partial charge is 0.432 e. The molecule has 114 valence electrons. The lowest BCUT2D eigenvalue weighted by molar-refractivity contribution is -0.141. The Kier molecular flexibility index (Phi) is 4.11. The molecule has 20 heavy (non-hydrogen) atoms. The van der Waals surface area contributed by atoms with Crippen LogP contribution in [0.4, 0.5) is 13.2 Å². The molecule has 1 aromatic heterocycles. The van der Waals surface area contributed by atoms with Crippen molar-refractivity contribution in [1.29, 1.82) is 0 Å². The van der Waals surface area contributed by atoms with Gasteiger partial charge in [0.05, 0.1) is 11.8 Å².